The Labute approximate surface area is 196 Å². The number of nitrogens with one attached hydrogen (secondary N) is 1. The molecule has 0 bridgehead atoms. The van der Waals surface area contributed by atoms with Gasteiger partial charge >= 0.3 is 0 Å². The van der Waals surface area contributed by atoms with Gasteiger partial charge < -0.3 is 24.1 Å². The van der Waals surface area contributed by atoms with Crippen LogP contribution in [0, 0.1) is 0 Å². The molecule has 2 aliphatic rings. The van der Waals surface area contributed by atoms with E-state index in [4.69, 9.17) is 14.2 Å². The zero-order chi connectivity index (χ0) is 22.8. The smallest absolute Gasteiger partial charge is 0.237 e. The van der Waals surface area contributed by atoms with Gasteiger partial charge in [0.1, 0.15) is 12.4 Å². The number of carbonyl (C=O) groups is 1. The number of aromatic nitrogens is 3. The first-order chi connectivity index (χ1) is 16.1. The highest BCUT2D eigenvalue weighted by atomic mass is 32.2. The van der Waals surface area contributed by atoms with E-state index in [-0.39, 0.29) is 18.0 Å². The molecule has 33 heavy (non-hydrogen) atoms. The number of carbonyl (C=O) groups excluding carboxylic acids is 1. The number of benzene rings is 2. The first-order valence-electron chi connectivity index (χ1n) is 11.1. The topological polar surface area (TPSA) is 87.5 Å². The van der Waals surface area contributed by atoms with Crippen LogP contribution in [0.3, 0.4) is 0 Å². The average molecular weight is 467 g/mol. The number of rotatable bonds is 7. The Bertz CT molecular complexity index is 1180. The molecule has 172 valence electrons. The second kappa shape index (κ2) is 9.35. The molecule has 2 aromatic carbocycles. The molecular weight excluding hydrogens is 440 g/mol. The Morgan fingerprint density at radius 2 is 1.94 bits per heavy atom. The van der Waals surface area contributed by atoms with Crippen molar-refractivity contribution in [2.24, 2.45) is 7.05 Å². The van der Waals surface area contributed by atoms with Crippen LogP contribution < -0.4 is 19.5 Å². The zero-order valence-electron chi connectivity index (χ0n) is 18.7. The van der Waals surface area contributed by atoms with E-state index in [0.29, 0.717) is 34.8 Å². The minimum Gasteiger partial charge on any atom is -0.486 e. The lowest BCUT2D eigenvalue weighted by atomic mass is 9.92. The van der Waals surface area contributed by atoms with Crippen LogP contribution in [-0.4, -0.2) is 32.7 Å². The molecule has 3 aromatic rings. The summed E-state index contributed by atoms with van der Waals surface area (Å²) in [7, 11) is 1.89. The van der Waals surface area contributed by atoms with Gasteiger partial charge in [0, 0.05) is 18.8 Å². The van der Waals surface area contributed by atoms with E-state index in [2.05, 4.69) is 27.6 Å². The monoisotopic (exact) mass is 466 g/mol. The van der Waals surface area contributed by atoms with Crippen molar-refractivity contribution in [2.45, 2.75) is 49.6 Å². The van der Waals surface area contributed by atoms with Gasteiger partial charge in [-0.15, -0.1) is 10.2 Å². The second-order valence-electron chi connectivity index (χ2n) is 8.20. The van der Waals surface area contributed by atoms with Crippen molar-refractivity contribution < 1.29 is 19.0 Å². The average Bonchev–Trinajstić information content (AvgIpc) is 3.43. The summed E-state index contributed by atoms with van der Waals surface area (Å²) in [6.07, 6.45) is 4.77. The number of anilines is 1. The number of fused-ring (bicyclic) bond motifs is 2. The lowest BCUT2D eigenvalue weighted by molar-refractivity contribution is -0.115. The fraction of sp³-hybridized carbons (Fsp3) is 0.375. The Balaban J connectivity index is 1.18. The van der Waals surface area contributed by atoms with E-state index in [9.17, 15) is 4.79 Å². The largest absolute Gasteiger partial charge is 0.486 e. The molecule has 2 heterocycles. The summed E-state index contributed by atoms with van der Waals surface area (Å²) in [5, 5.41) is 11.7. The second-order valence-corrected chi connectivity index (χ2v) is 9.51. The first kappa shape index (κ1) is 21.6. The summed E-state index contributed by atoms with van der Waals surface area (Å²) in [5.41, 5.74) is 3.48. The van der Waals surface area contributed by atoms with Gasteiger partial charge in [0.15, 0.2) is 22.5 Å². The lowest BCUT2D eigenvalue weighted by Gasteiger charge is -2.16. The summed E-state index contributed by atoms with van der Waals surface area (Å²) in [4.78, 5) is 12.7. The van der Waals surface area contributed by atoms with Crippen LogP contribution >= 0.6 is 11.8 Å². The molecule has 1 N–H and O–H groups in total. The molecule has 1 atom stereocenters. The van der Waals surface area contributed by atoms with Crippen LogP contribution in [0.15, 0.2) is 41.6 Å². The predicted molar refractivity (Wildman–Crippen MR) is 125 cm³/mol. The minimum absolute atomic E-state index is 0.131. The molecule has 9 heteroatoms. The highest BCUT2D eigenvalue weighted by Crippen LogP contribution is 2.34. The third-order valence-electron chi connectivity index (χ3n) is 5.90. The zero-order valence-corrected chi connectivity index (χ0v) is 19.5. The van der Waals surface area contributed by atoms with Crippen molar-refractivity contribution in [3.8, 4) is 17.2 Å². The van der Waals surface area contributed by atoms with Crippen LogP contribution in [0.25, 0.3) is 0 Å². The standard InChI is InChI=1S/C24H26N4O4S/c1-15(23(29)25-18-8-10-20-21(12-18)32-14-31-20)33-24-27-26-22(28(24)2)13-30-19-9-7-16-5-3-4-6-17(16)11-19/h7-12,15H,3-6,13-14H2,1-2H3,(H,25,29)/t15-/m0/s1. The van der Waals surface area contributed by atoms with Gasteiger partial charge in [0.2, 0.25) is 12.7 Å². The maximum atomic E-state index is 12.7. The normalized spacial score (nSPS) is 15.1. The van der Waals surface area contributed by atoms with E-state index in [1.807, 2.05) is 24.6 Å². The van der Waals surface area contributed by atoms with Crippen molar-refractivity contribution in [1.82, 2.24) is 14.8 Å². The summed E-state index contributed by atoms with van der Waals surface area (Å²) in [6.45, 7) is 2.36. The molecule has 0 fully saturated rings. The van der Waals surface area contributed by atoms with E-state index < -0.39 is 0 Å². The summed E-state index contributed by atoms with van der Waals surface area (Å²) in [6, 6.07) is 11.7. The van der Waals surface area contributed by atoms with Crippen molar-refractivity contribution in [2.75, 3.05) is 12.1 Å². The van der Waals surface area contributed by atoms with Gasteiger partial charge in [0.25, 0.3) is 0 Å². The number of aryl methyl sites for hydroxylation is 2. The van der Waals surface area contributed by atoms with Gasteiger partial charge in [-0.2, -0.15) is 0 Å². The van der Waals surface area contributed by atoms with Crippen molar-refractivity contribution in [1.29, 1.82) is 0 Å². The number of nitrogens with zero attached hydrogens (tertiary/aromatic N) is 3. The van der Waals surface area contributed by atoms with E-state index in [1.165, 1.54) is 35.7 Å². The van der Waals surface area contributed by atoms with E-state index in [0.717, 1.165) is 18.6 Å². The Hall–Kier alpha value is -3.20. The highest BCUT2D eigenvalue weighted by molar-refractivity contribution is 8.00. The van der Waals surface area contributed by atoms with Crippen molar-refractivity contribution in [3.05, 3.63) is 53.3 Å². The Morgan fingerprint density at radius 3 is 2.82 bits per heavy atom. The fourth-order valence-corrected chi connectivity index (χ4v) is 4.78. The van der Waals surface area contributed by atoms with Crippen LogP contribution in [-0.2, 0) is 31.3 Å². The molecule has 1 aliphatic heterocycles. The van der Waals surface area contributed by atoms with E-state index in [1.54, 1.807) is 18.2 Å². The van der Waals surface area contributed by atoms with Gasteiger partial charge in [-0.1, -0.05) is 17.8 Å². The SMILES string of the molecule is C[C@H](Sc1nnc(COc2ccc3c(c2)CCCC3)n1C)C(=O)Nc1ccc2c(c1)OCO2. The van der Waals surface area contributed by atoms with Gasteiger partial charge in [-0.25, -0.2) is 0 Å². The molecule has 8 nitrogen and oxygen atoms in total. The first-order valence-corrected chi connectivity index (χ1v) is 11.9. The van der Waals surface area contributed by atoms with Crippen LogP contribution in [0.5, 0.6) is 17.2 Å². The summed E-state index contributed by atoms with van der Waals surface area (Å²) >= 11 is 1.35. The quantitative estimate of drug-likeness (QED) is 0.524. The lowest BCUT2D eigenvalue weighted by Crippen LogP contribution is -2.22. The molecule has 1 aliphatic carbocycles. The molecule has 0 spiro atoms. The van der Waals surface area contributed by atoms with Gasteiger partial charge in [-0.3, -0.25) is 4.79 Å². The van der Waals surface area contributed by atoms with Crippen molar-refractivity contribution in [3.63, 3.8) is 0 Å². The highest BCUT2D eigenvalue weighted by Gasteiger charge is 2.21. The van der Waals surface area contributed by atoms with E-state index >= 15 is 0 Å². The Morgan fingerprint density at radius 1 is 1.12 bits per heavy atom. The molecule has 0 saturated carbocycles. The van der Waals surface area contributed by atoms with Crippen LogP contribution in [0.4, 0.5) is 5.69 Å². The molecule has 0 radical (unpaired) electrons. The van der Waals surface area contributed by atoms with Crippen LogP contribution in [0.1, 0.15) is 36.7 Å². The van der Waals surface area contributed by atoms with Gasteiger partial charge in [-0.05, 0) is 68.0 Å². The maximum absolute atomic E-state index is 12.7. The molecule has 5 rings (SSSR count). The Kier molecular flexibility index (Phi) is 6.13. The number of hydrogen-bond acceptors (Lipinski definition) is 7. The number of hydrogen-bond donors (Lipinski definition) is 1. The number of thioether (sulfide) groups is 1. The van der Waals surface area contributed by atoms with Gasteiger partial charge in [0.05, 0.1) is 5.25 Å². The van der Waals surface area contributed by atoms with Crippen molar-refractivity contribution >= 4 is 23.4 Å². The number of amides is 1. The van der Waals surface area contributed by atoms with Crippen LogP contribution in [0.2, 0.25) is 0 Å². The molecular formula is C24H26N4O4S. The molecule has 0 saturated heterocycles. The number of ether oxygens (including phenoxy) is 3. The molecule has 0 unspecified atom stereocenters. The predicted octanol–water partition coefficient (Wildman–Crippen LogP) is 4.12. The molecule has 1 amide bonds. The fourth-order valence-electron chi connectivity index (χ4n) is 3.95. The summed E-state index contributed by atoms with van der Waals surface area (Å²) in [5.74, 6) is 2.74. The maximum Gasteiger partial charge on any atom is 0.237 e. The minimum atomic E-state index is -0.368. The third-order valence-corrected chi connectivity index (χ3v) is 7.04. The summed E-state index contributed by atoms with van der Waals surface area (Å²) < 4.78 is 18.5. The third kappa shape index (κ3) is 4.78. The molecule has 1 aromatic heterocycles.